The zero-order valence-electron chi connectivity index (χ0n) is 4.97. The molecule has 0 aliphatic rings. The number of halogens is 1. The minimum absolute atomic E-state index is 0.832. The van der Waals surface area contributed by atoms with E-state index in [-0.39, 0.29) is 0 Å². The summed E-state index contributed by atoms with van der Waals surface area (Å²) in [5, 5.41) is 0. The van der Waals surface area contributed by atoms with Gasteiger partial charge in [-0.05, 0) is 19.1 Å². The molecule has 0 radical (unpaired) electrons. The van der Waals surface area contributed by atoms with Gasteiger partial charge in [-0.25, -0.2) is 0 Å². The predicted molar refractivity (Wildman–Crippen MR) is 43.6 cm³/mol. The smallest absolute Gasteiger partial charge is 0.192 e. The minimum Gasteiger partial charge on any atom is -0.426 e. The van der Waals surface area contributed by atoms with Crippen molar-refractivity contribution in [2.45, 2.75) is 6.92 Å². The van der Waals surface area contributed by atoms with Crippen molar-refractivity contribution in [2.24, 2.45) is 0 Å². The number of hydrogen-bond donors (Lipinski definition) is 0. The molecule has 3 heteroatoms. The second-order valence-corrected chi connectivity index (χ2v) is 2.10. The monoisotopic (exact) mass is 235 g/mol. The second kappa shape index (κ2) is 3.00. The highest BCUT2D eigenvalue weighted by atomic mass is 127. The number of aromatic nitrogens is 1. The van der Waals surface area contributed by atoms with Crippen molar-refractivity contribution < 1.29 is 3.07 Å². The van der Waals surface area contributed by atoms with E-state index in [2.05, 4.69) is 4.98 Å². The molecule has 0 atom stereocenters. The van der Waals surface area contributed by atoms with Crippen molar-refractivity contribution in [2.75, 3.05) is 0 Å². The van der Waals surface area contributed by atoms with Crippen molar-refractivity contribution in [1.82, 2.24) is 4.98 Å². The average molecular weight is 235 g/mol. The van der Waals surface area contributed by atoms with Crippen LogP contribution in [-0.4, -0.2) is 4.98 Å². The van der Waals surface area contributed by atoms with Gasteiger partial charge in [-0.2, -0.15) is 0 Å². The van der Waals surface area contributed by atoms with E-state index in [9.17, 15) is 0 Å². The molecular weight excluding hydrogens is 229 g/mol. The molecule has 9 heavy (non-hydrogen) atoms. The largest absolute Gasteiger partial charge is 0.426 e. The topological polar surface area (TPSA) is 22.1 Å². The van der Waals surface area contributed by atoms with Crippen LogP contribution < -0.4 is 3.07 Å². The van der Waals surface area contributed by atoms with Gasteiger partial charge in [0.25, 0.3) is 0 Å². The Morgan fingerprint density at radius 2 is 2.44 bits per heavy atom. The molecule has 0 N–H and O–H groups in total. The molecule has 1 aromatic heterocycles. The van der Waals surface area contributed by atoms with Crippen LogP contribution in [0.5, 0.6) is 5.75 Å². The molecule has 0 unspecified atom stereocenters. The first-order chi connectivity index (χ1) is 4.34. The van der Waals surface area contributed by atoms with Crippen LogP contribution in [0, 0.1) is 6.92 Å². The molecule has 1 heterocycles. The molecule has 0 spiro atoms. The van der Waals surface area contributed by atoms with Gasteiger partial charge in [0, 0.05) is 6.20 Å². The van der Waals surface area contributed by atoms with E-state index in [4.69, 9.17) is 3.07 Å². The maximum Gasteiger partial charge on any atom is 0.192 e. The number of aryl methyl sites for hydroxylation is 1. The van der Waals surface area contributed by atoms with Gasteiger partial charge in [0.15, 0.2) is 28.8 Å². The third-order valence-electron chi connectivity index (χ3n) is 1.04. The molecule has 0 aliphatic heterocycles. The van der Waals surface area contributed by atoms with Gasteiger partial charge in [-0.3, -0.25) is 4.98 Å². The summed E-state index contributed by atoms with van der Waals surface area (Å²) in [4.78, 5) is 4.02. The number of rotatable bonds is 1. The summed E-state index contributed by atoms with van der Waals surface area (Å²) < 4.78 is 4.95. The van der Waals surface area contributed by atoms with Gasteiger partial charge < -0.3 is 3.07 Å². The van der Waals surface area contributed by atoms with E-state index in [1.54, 1.807) is 6.20 Å². The Bertz CT molecular complexity index is 202. The predicted octanol–water partition coefficient (Wildman–Crippen LogP) is 2.12. The minimum atomic E-state index is 0.832. The Morgan fingerprint density at radius 1 is 1.67 bits per heavy atom. The summed E-state index contributed by atoms with van der Waals surface area (Å²) >= 11 is 1.84. The molecule has 0 aliphatic carbocycles. The van der Waals surface area contributed by atoms with Crippen molar-refractivity contribution in [3.05, 3.63) is 24.0 Å². The zero-order chi connectivity index (χ0) is 6.69. The van der Waals surface area contributed by atoms with Crippen molar-refractivity contribution in [3.63, 3.8) is 0 Å². The summed E-state index contributed by atoms with van der Waals surface area (Å²) in [6, 6.07) is 3.73. The molecule has 2 nitrogen and oxygen atoms in total. The van der Waals surface area contributed by atoms with Gasteiger partial charge in [0.1, 0.15) is 0 Å². The maximum atomic E-state index is 4.95. The fraction of sp³-hybridized carbons (Fsp3) is 0.167. The molecule has 0 amide bonds. The van der Waals surface area contributed by atoms with E-state index in [0.717, 1.165) is 11.4 Å². The molecule has 1 aromatic rings. The van der Waals surface area contributed by atoms with Gasteiger partial charge in [-0.1, -0.05) is 0 Å². The number of hydrogen-bond acceptors (Lipinski definition) is 2. The van der Waals surface area contributed by atoms with Gasteiger partial charge >= 0.3 is 0 Å². The third kappa shape index (κ3) is 1.54. The van der Waals surface area contributed by atoms with E-state index in [1.807, 2.05) is 42.1 Å². The molecule has 0 aromatic carbocycles. The molecule has 1 rings (SSSR count). The lowest BCUT2D eigenvalue weighted by Crippen LogP contribution is -1.82. The highest BCUT2D eigenvalue weighted by molar-refractivity contribution is 14.1. The lowest BCUT2D eigenvalue weighted by atomic mass is 10.3. The Balaban J connectivity index is 3.01. The molecule has 0 fully saturated rings. The quantitative estimate of drug-likeness (QED) is 0.695. The van der Waals surface area contributed by atoms with Crippen LogP contribution in [-0.2, 0) is 0 Å². The highest BCUT2D eigenvalue weighted by Crippen LogP contribution is 2.15. The van der Waals surface area contributed by atoms with Crippen LogP contribution in [0.25, 0.3) is 0 Å². The summed E-state index contributed by atoms with van der Waals surface area (Å²) in [7, 11) is 0. The fourth-order valence-corrected chi connectivity index (χ4v) is 1.02. The van der Waals surface area contributed by atoms with Crippen LogP contribution in [0.15, 0.2) is 18.3 Å². The van der Waals surface area contributed by atoms with Crippen molar-refractivity contribution in [1.29, 1.82) is 0 Å². The maximum absolute atomic E-state index is 4.95. The Labute approximate surface area is 67.9 Å². The SMILES string of the molecule is Cc1ncccc1OI. The van der Waals surface area contributed by atoms with Gasteiger partial charge in [-0.15, -0.1) is 0 Å². The highest BCUT2D eigenvalue weighted by Gasteiger charge is 1.94. The first-order valence-electron chi connectivity index (χ1n) is 2.55. The first kappa shape index (κ1) is 6.80. The lowest BCUT2D eigenvalue weighted by molar-refractivity contribution is 0.701. The number of pyridine rings is 1. The van der Waals surface area contributed by atoms with Crippen LogP contribution in [0.2, 0.25) is 0 Å². The van der Waals surface area contributed by atoms with Gasteiger partial charge in [0.05, 0.1) is 5.69 Å². The second-order valence-electron chi connectivity index (χ2n) is 1.66. The molecule has 0 saturated carbocycles. The van der Waals surface area contributed by atoms with Crippen LogP contribution in [0.1, 0.15) is 5.69 Å². The van der Waals surface area contributed by atoms with E-state index in [0.29, 0.717) is 0 Å². The normalized spacial score (nSPS) is 9.11. The molecule has 48 valence electrons. The van der Waals surface area contributed by atoms with E-state index < -0.39 is 0 Å². The summed E-state index contributed by atoms with van der Waals surface area (Å²) in [5.41, 5.74) is 0.923. The van der Waals surface area contributed by atoms with Gasteiger partial charge in [0.2, 0.25) is 0 Å². The summed E-state index contributed by atoms with van der Waals surface area (Å²) in [5.74, 6) is 0.832. The Kier molecular flexibility index (Phi) is 2.27. The Hall–Kier alpha value is -0.320. The number of nitrogens with zero attached hydrogens (tertiary/aromatic N) is 1. The standard InChI is InChI=1S/C6H6INO/c1-5-6(9-7)3-2-4-8-5/h2-4H,1H3. The molecular formula is C6H6INO. The fourth-order valence-electron chi connectivity index (χ4n) is 0.551. The van der Waals surface area contributed by atoms with Crippen LogP contribution in [0.3, 0.4) is 0 Å². The molecule has 0 saturated heterocycles. The average Bonchev–Trinajstić information content (AvgIpc) is 1.89. The summed E-state index contributed by atoms with van der Waals surface area (Å²) in [6.07, 6.45) is 1.74. The van der Waals surface area contributed by atoms with E-state index >= 15 is 0 Å². The molecule has 0 bridgehead atoms. The first-order valence-corrected chi connectivity index (χ1v) is 3.43. The van der Waals surface area contributed by atoms with Crippen molar-refractivity contribution >= 4 is 23.0 Å². The zero-order valence-corrected chi connectivity index (χ0v) is 7.12. The Morgan fingerprint density at radius 3 is 2.89 bits per heavy atom. The van der Waals surface area contributed by atoms with Crippen molar-refractivity contribution in [3.8, 4) is 5.75 Å². The van der Waals surface area contributed by atoms with Crippen LogP contribution >= 0.6 is 23.0 Å². The van der Waals surface area contributed by atoms with Crippen LogP contribution in [0.4, 0.5) is 0 Å². The summed E-state index contributed by atoms with van der Waals surface area (Å²) in [6.45, 7) is 1.91. The third-order valence-corrected chi connectivity index (χ3v) is 1.52. The van der Waals surface area contributed by atoms with E-state index in [1.165, 1.54) is 0 Å². The lowest BCUT2D eigenvalue weighted by Gasteiger charge is -1.97.